The summed E-state index contributed by atoms with van der Waals surface area (Å²) < 4.78 is 0. The highest BCUT2D eigenvalue weighted by Gasteiger charge is 2.21. The maximum atomic E-state index is 2.41. The topological polar surface area (TPSA) is 0 Å². The van der Waals surface area contributed by atoms with Crippen LogP contribution in [0.4, 0.5) is 0 Å². The minimum Gasteiger partial charge on any atom is -0.0856 e. The summed E-state index contributed by atoms with van der Waals surface area (Å²) in [5, 5.41) is 9.57. The fourth-order valence-corrected chi connectivity index (χ4v) is 9.77. The van der Waals surface area contributed by atoms with E-state index in [1.54, 1.807) is 0 Å². The minimum atomic E-state index is -0.589. The van der Waals surface area contributed by atoms with Gasteiger partial charge in [-0.25, -0.2) is 0 Å². The van der Waals surface area contributed by atoms with Crippen molar-refractivity contribution in [2.45, 2.75) is 19.2 Å². The van der Waals surface area contributed by atoms with Crippen molar-refractivity contribution in [1.29, 1.82) is 0 Å². The lowest BCUT2D eigenvalue weighted by Crippen LogP contribution is -2.13. The lowest BCUT2D eigenvalue weighted by molar-refractivity contribution is 1.38. The van der Waals surface area contributed by atoms with Crippen LogP contribution >= 0.6 is 16.5 Å². The Kier molecular flexibility index (Phi) is 8.16. The van der Waals surface area contributed by atoms with Gasteiger partial charge in [0.1, 0.15) is 0 Å². The van der Waals surface area contributed by atoms with Crippen molar-refractivity contribution in [3.8, 4) is 11.1 Å². The van der Waals surface area contributed by atoms with E-state index in [2.05, 4.69) is 165 Å². The quantitative estimate of drug-likeness (QED) is 0.155. The van der Waals surface area contributed by atoms with Crippen molar-refractivity contribution in [2.24, 2.45) is 0 Å². The van der Waals surface area contributed by atoms with E-state index in [9.17, 15) is 0 Å². The molecule has 1 atom stereocenters. The van der Waals surface area contributed by atoms with Crippen LogP contribution in [0.5, 0.6) is 0 Å². The first-order valence-corrected chi connectivity index (χ1v) is 17.7. The Bertz CT molecular complexity index is 1970. The van der Waals surface area contributed by atoms with Gasteiger partial charge < -0.3 is 0 Å². The summed E-state index contributed by atoms with van der Waals surface area (Å²) in [5.41, 5.74) is 7.04. The van der Waals surface area contributed by atoms with Gasteiger partial charge in [0.05, 0.1) is 0 Å². The van der Waals surface area contributed by atoms with E-state index in [0.29, 0.717) is 0 Å². The zero-order chi connectivity index (χ0) is 29.0. The van der Waals surface area contributed by atoms with Crippen LogP contribution < -0.4 is 15.9 Å². The zero-order valence-electron chi connectivity index (χ0n) is 24.4. The molecule has 0 spiro atoms. The molecular formula is C41H34P2. The maximum Gasteiger partial charge on any atom is 0.00138 e. The third kappa shape index (κ3) is 5.79. The van der Waals surface area contributed by atoms with Gasteiger partial charge in [-0.15, -0.1) is 0 Å². The Hall–Kier alpha value is -4.08. The van der Waals surface area contributed by atoms with Crippen LogP contribution in [0.25, 0.3) is 32.7 Å². The maximum absolute atomic E-state index is 2.41. The van der Waals surface area contributed by atoms with Gasteiger partial charge in [0, 0.05) is 6.16 Å². The summed E-state index contributed by atoms with van der Waals surface area (Å²) in [7, 11) is 0.133. The summed E-state index contributed by atoms with van der Waals surface area (Å²) in [6.45, 7) is 2.24. The van der Waals surface area contributed by atoms with Crippen molar-refractivity contribution in [1.82, 2.24) is 0 Å². The molecule has 7 rings (SSSR count). The first-order valence-electron chi connectivity index (χ1n) is 14.9. The van der Waals surface area contributed by atoms with Gasteiger partial charge in [0.25, 0.3) is 0 Å². The van der Waals surface area contributed by atoms with Crippen molar-refractivity contribution in [2.75, 3.05) is 0 Å². The third-order valence-corrected chi connectivity index (χ3v) is 12.4. The molecule has 0 amide bonds. The summed E-state index contributed by atoms with van der Waals surface area (Å²) >= 11 is 0. The summed E-state index contributed by atoms with van der Waals surface area (Å²) in [6, 6.07) is 58.5. The molecule has 0 fully saturated rings. The molecule has 0 aromatic heterocycles. The number of rotatable bonds is 8. The zero-order valence-corrected chi connectivity index (χ0v) is 26.3. The Morgan fingerprint density at radius 1 is 0.465 bits per heavy atom. The third-order valence-electron chi connectivity index (χ3n) is 8.36. The molecule has 0 aliphatic carbocycles. The molecule has 0 saturated heterocycles. The second-order valence-electron chi connectivity index (χ2n) is 11.1. The van der Waals surface area contributed by atoms with E-state index < -0.39 is 7.92 Å². The van der Waals surface area contributed by atoms with E-state index >= 15 is 0 Å². The van der Waals surface area contributed by atoms with Crippen molar-refractivity contribution in [3.05, 3.63) is 174 Å². The molecule has 0 aliphatic heterocycles. The van der Waals surface area contributed by atoms with E-state index in [1.807, 2.05) is 0 Å². The molecular weight excluding hydrogens is 554 g/mol. The molecule has 43 heavy (non-hydrogen) atoms. The fraction of sp³-hybridized carbons (Fsp3) is 0.0732. The van der Waals surface area contributed by atoms with E-state index in [-0.39, 0.29) is 0 Å². The predicted octanol–water partition coefficient (Wildman–Crippen LogP) is 10.1. The Balaban J connectivity index is 1.45. The fourth-order valence-electron chi connectivity index (χ4n) is 6.18. The lowest BCUT2D eigenvalue weighted by Gasteiger charge is -2.24. The van der Waals surface area contributed by atoms with Crippen LogP contribution in [0.2, 0.25) is 0 Å². The van der Waals surface area contributed by atoms with Gasteiger partial charge in [0.15, 0.2) is 0 Å². The second-order valence-corrected chi connectivity index (χ2v) is 14.5. The molecule has 0 radical (unpaired) electrons. The molecule has 1 unspecified atom stereocenters. The van der Waals surface area contributed by atoms with Crippen LogP contribution in [-0.4, -0.2) is 0 Å². The molecule has 0 N–H and O–H groups in total. The van der Waals surface area contributed by atoms with Gasteiger partial charge in [0.2, 0.25) is 0 Å². The highest BCUT2D eigenvalue weighted by molar-refractivity contribution is 7.72. The molecule has 7 aromatic carbocycles. The molecule has 0 bridgehead atoms. The van der Waals surface area contributed by atoms with Crippen molar-refractivity contribution >= 4 is 54.0 Å². The Morgan fingerprint density at radius 3 is 1.56 bits per heavy atom. The number of hydrogen-bond donors (Lipinski definition) is 0. The highest BCUT2D eigenvalue weighted by atomic mass is 31.1. The number of fused-ring (bicyclic) bond motifs is 2. The van der Waals surface area contributed by atoms with Crippen LogP contribution in [0, 0.1) is 6.92 Å². The van der Waals surface area contributed by atoms with E-state index in [1.165, 1.54) is 65.3 Å². The van der Waals surface area contributed by atoms with Crippen molar-refractivity contribution in [3.63, 3.8) is 0 Å². The smallest absolute Gasteiger partial charge is 0.00138 e. The van der Waals surface area contributed by atoms with Gasteiger partial charge in [-0.05, 0) is 86.3 Å². The average Bonchev–Trinajstić information content (AvgIpc) is 3.07. The van der Waals surface area contributed by atoms with Crippen LogP contribution in [-0.2, 0) is 12.3 Å². The first-order chi connectivity index (χ1) is 21.3. The number of hydrogen-bond acceptors (Lipinski definition) is 0. The van der Waals surface area contributed by atoms with Crippen LogP contribution in [0.15, 0.2) is 158 Å². The lowest BCUT2D eigenvalue weighted by atomic mass is 9.88. The molecule has 208 valence electrons. The molecule has 0 aliphatic rings. The molecule has 0 saturated carbocycles. The van der Waals surface area contributed by atoms with E-state index in [4.69, 9.17) is 0 Å². The average molecular weight is 589 g/mol. The molecule has 7 aromatic rings. The molecule has 0 heterocycles. The largest absolute Gasteiger partial charge is 0.0856 e. The van der Waals surface area contributed by atoms with Gasteiger partial charge in [-0.1, -0.05) is 166 Å². The summed E-state index contributed by atoms with van der Waals surface area (Å²) in [4.78, 5) is 0. The SMILES string of the molecule is Cc1ccccc1PCc1ccc2ccccc2c1-c1c(CP(c2ccccc2)c2ccccc2)ccc2ccccc12. The number of aryl methyl sites for hydroxylation is 1. The van der Waals surface area contributed by atoms with Gasteiger partial charge >= 0.3 is 0 Å². The van der Waals surface area contributed by atoms with Crippen molar-refractivity contribution < 1.29 is 0 Å². The minimum absolute atomic E-state index is 0.589. The van der Waals surface area contributed by atoms with Gasteiger partial charge in [-0.3, -0.25) is 0 Å². The number of benzene rings is 7. The van der Waals surface area contributed by atoms with Crippen LogP contribution in [0.1, 0.15) is 16.7 Å². The van der Waals surface area contributed by atoms with E-state index in [0.717, 1.165) is 20.9 Å². The second kappa shape index (κ2) is 12.7. The highest BCUT2D eigenvalue weighted by Crippen LogP contribution is 2.46. The molecule has 2 heteroatoms. The molecule has 0 nitrogen and oxygen atoms in total. The van der Waals surface area contributed by atoms with Gasteiger partial charge in [-0.2, -0.15) is 0 Å². The normalized spacial score (nSPS) is 11.7. The standard InChI is InChI=1S/C41H34P2/c1-30-14-8-13-23-39(30)42-28-33-26-24-31-15-9-11-21-37(31)40(33)41-34(27-25-32-16-10-12-22-38(32)41)29-43(35-17-4-2-5-18-35)36-19-6-3-7-20-36/h2-27,42H,28-29H2,1H3. The van der Waals surface area contributed by atoms with Crippen LogP contribution in [0.3, 0.4) is 0 Å². The Morgan fingerprint density at radius 2 is 0.953 bits per heavy atom. The first kappa shape index (κ1) is 27.7. The summed E-state index contributed by atoms with van der Waals surface area (Å²) in [5.74, 6) is 0. The summed E-state index contributed by atoms with van der Waals surface area (Å²) in [6.07, 6.45) is 2.02. The monoisotopic (exact) mass is 588 g/mol. The Labute approximate surface area is 258 Å². The predicted molar refractivity (Wildman–Crippen MR) is 192 cm³/mol.